The van der Waals surface area contributed by atoms with Gasteiger partial charge in [-0.2, -0.15) is 0 Å². The quantitative estimate of drug-likeness (QED) is 0.856. The lowest BCUT2D eigenvalue weighted by atomic mass is 10.2. The van der Waals surface area contributed by atoms with E-state index in [1.807, 2.05) is 18.2 Å². The topological polar surface area (TPSA) is 78.9 Å². The third-order valence-electron chi connectivity index (χ3n) is 3.77. The van der Waals surface area contributed by atoms with Crippen molar-refractivity contribution in [3.8, 4) is 22.1 Å². The lowest BCUT2D eigenvalue weighted by Crippen LogP contribution is -2.32. The number of aromatic nitrogens is 1. The number of nitrogens with one attached hydrogen (secondary N) is 1. The minimum atomic E-state index is -0.371. The van der Waals surface area contributed by atoms with E-state index in [-0.39, 0.29) is 19.0 Å². The standard InChI is InChI=1S/C16H16N2O5S/c19-15(18-23-14-3-1-2-6-20-14)13-8-17-16(24-13)10-4-5-11-12(7-10)22-9-21-11/h4-5,7-8,14H,1-3,6,9H2,(H,18,19). The van der Waals surface area contributed by atoms with Crippen molar-refractivity contribution in [2.45, 2.75) is 25.6 Å². The number of amides is 1. The molecule has 24 heavy (non-hydrogen) atoms. The fourth-order valence-corrected chi connectivity index (χ4v) is 3.31. The molecule has 4 rings (SSSR count). The molecular weight excluding hydrogens is 332 g/mol. The van der Waals surface area contributed by atoms with Gasteiger partial charge in [-0.25, -0.2) is 15.3 Å². The highest BCUT2D eigenvalue weighted by atomic mass is 32.1. The molecule has 0 bridgehead atoms. The van der Waals surface area contributed by atoms with E-state index in [1.54, 1.807) is 0 Å². The summed E-state index contributed by atoms with van der Waals surface area (Å²) in [7, 11) is 0. The summed E-state index contributed by atoms with van der Waals surface area (Å²) >= 11 is 1.29. The number of hydrogen-bond acceptors (Lipinski definition) is 7. The summed E-state index contributed by atoms with van der Waals surface area (Å²) in [6, 6.07) is 5.58. The van der Waals surface area contributed by atoms with Gasteiger partial charge in [0.2, 0.25) is 6.79 Å². The molecule has 1 aromatic carbocycles. The number of thiazole rings is 1. The van der Waals surface area contributed by atoms with Gasteiger partial charge in [-0.05, 0) is 31.0 Å². The van der Waals surface area contributed by atoms with E-state index in [2.05, 4.69) is 10.5 Å². The maximum atomic E-state index is 12.2. The van der Waals surface area contributed by atoms with E-state index in [1.165, 1.54) is 17.5 Å². The summed E-state index contributed by atoms with van der Waals surface area (Å²) in [5, 5.41) is 0.729. The van der Waals surface area contributed by atoms with Crippen molar-refractivity contribution >= 4 is 17.2 Å². The molecule has 1 atom stereocenters. The highest BCUT2D eigenvalue weighted by Crippen LogP contribution is 2.36. The van der Waals surface area contributed by atoms with Gasteiger partial charge in [0.1, 0.15) is 9.88 Å². The van der Waals surface area contributed by atoms with Gasteiger partial charge in [0.25, 0.3) is 5.91 Å². The number of carbonyl (C=O) groups is 1. The maximum Gasteiger partial charge on any atom is 0.286 e. The van der Waals surface area contributed by atoms with Crippen LogP contribution in [0.5, 0.6) is 11.5 Å². The van der Waals surface area contributed by atoms with E-state index in [4.69, 9.17) is 19.0 Å². The van der Waals surface area contributed by atoms with Crippen molar-refractivity contribution in [2.75, 3.05) is 13.4 Å². The Bertz CT molecular complexity index is 742. The Balaban J connectivity index is 1.41. The second kappa shape index (κ2) is 6.76. The molecule has 8 heteroatoms. The summed E-state index contributed by atoms with van der Waals surface area (Å²) in [5.41, 5.74) is 3.31. The molecule has 7 nitrogen and oxygen atoms in total. The first-order valence-electron chi connectivity index (χ1n) is 7.73. The first-order valence-corrected chi connectivity index (χ1v) is 8.55. The van der Waals surface area contributed by atoms with Crippen LogP contribution in [0.1, 0.15) is 28.9 Å². The van der Waals surface area contributed by atoms with Gasteiger partial charge in [0.05, 0.1) is 6.20 Å². The van der Waals surface area contributed by atoms with Crippen molar-refractivity contribution in [1.29, 1.82) is 0 Å². The molecule has 0 radical (unpaired) electrons. The largest absolute Gasteiger partial charge is 0.454 e. The molecule has 2 aliphatic rings. The average Bonchev–Trinajstić information content (AvgIpc) is 3.29. The molecule has 2 aliphatic heterocycles. The Morgan fingerprint density at radius 3 is 3.08 bits per heavy atom. The van der Waals surface area contributed by atoms with Crippen molar-refractivity contribution < 1.29 is 23.8 Å². The molecule has 126 valence electrons. The van der Waals surface area contributed by atoms with Crippen molar-refractivity contribution in [3.05, 3.63) is 29.3 Å². The SMILES string of the molecule is O=C(NOC1CCCCO1)c1cnc(-c2ccc3c(c2)OCO3)s1. The number of rotatable bonds is 4. The van der Waals surface area contributed by atoms with Crippen LogP contribution in [0.15, 0.2) is 24.4 Å². The minimum Gasteiger partial charge on any atom is -0.454 e. The van der Waals surface area contributed by atoms with Gasteiger partial charge in [-0.3, -0.25) is 4.79 Å². The molecule has 0 aliphatic carbocycles. The predicted molar refractivity (Wildman–Crippen MR) is 85.8 cm³/mol. The Morgan fingerprint density at radius 2 is 2.21 bits per heavy atom. The van der Waals surface area contributed by atoms with Gasteiger partial charge in [-0.1, -0.05) is 0 Å². The first kappa shape index (κ1) is 15.4. The number of hydrogen-bond donors (Lipinski definition) is 1. The van der Waals surface area contributed by atoms with Gasteiger partial charge in [0.15, 0.2) is 17.8 Å². The zero-order chi connectivity index (χ0) is 16.4. The van der Waals surface area contributed by atoms with Crippen molar-refractivity contribution in [2.24, 2.45) is 0 Å². The third-order valence-corrected chi connectivity index (χ3v) is 4.82. The van der Waals surface area contributed by atoms with Crippen LogP contribution in [0.4, 0.5) is 0 Å². The van der Waals surface area contributed by atoms with Crippen LogP contribution in [0, 0.1) is 0 Å². The van der Waals surface area contributed by atoms with E-state index in [0.29, 0.717) is 23.0 Å². The smallest absolute Gasteiger partial charge is 0.286 e. The molecular formula is C16H16N2O5S. The molecule has 1 N–H and O–H groups in total. The van der Waals surface area contributed by atoms with Crippen LogP contribution in [-0.4, -0.2) is 30.6 Å². The summed E-state index contributed by atoms with van der Waals surface area (Å²) in [6.45, 7) is 0.889. The van der Waals surface area contributed by atoms with Crippen molar-refractivity contribution in [1.82, 2.24) is 10.5 Å². The molecule has 0 spiro atoms. The number of benzene rings is 1. The molecule has 1 amide bonds. The minimum absolute atomic E-state index is 0.227. The second-order valence-electron chi connectivity index (χ2n) is 5.44. The average molecular weight is 348 g/mol. The molecule has 1 aromatic heterocycles. The summed E-state index contributed by atoms with van der Waals surface area (Å²) in [5.74, 6) is 1.08. The Hall–Kier alpha value is -2.16. The van der Waals surface area contributed by atoms with E-state index < -0.39 is 0 Å². The van der Waals surface area contributed by atoms with Gasteiger partial charge in [-0.15, -0.1) is 11.3 Å². The summed E-state index contributed by atoms with van der Waals surface area (Å²) in [4.78, 5) is 22.2. The van der Waals surface area contributed by atoms with E-state index in [0.717, 1.165) is 29.8 Å². The maximum absolute atomic E-state index is 12.2. The van der Waals surface area contributed by atoms with Crippen LogP contribution in [0.25, 0.3) is 10.6 Å². The van der Waals surface area contributed by atoms with E-state index in [9.17, 15) is 4.79 Å². The van der Waals surface area contributed by atoms with E-state index >= 15 is 0 Å². The number of fused-ring (bicyclic) bond motifs is 1. The number of carbonyl (C=O) groups excluding carboxylic acids is 1. The van der Waals surface area contributed by atoms with Crippen molar-refractivity contribution in [3.63, 3.8) is 0 Å². The van der Waals surface area contributed by atoms with Gasteiger partial charge in [0, 0.05) is 18.6 Å². The third kappa shape index (κ3) is 3.21. The van der Waals surface area contributed by atoms with Crippen LogP contribution in [0.2, 0.25) is 0 Å². The molecule has 2 aromatic rings. The molecule has 0 saturated carbocycles. The number of hydroxylamine groups is 1. The highest BCUT2D eigenvalue weighted by molar-refractivity contribution is 7.16. The molecule has 1 fully saturated rings. The van der Waals surface area contributed by atoms with Gasteiger partial charge >= 0.3 is 0 Å². The predicted octanol–water partition coefficient (Wildman–Crippen LogP) is 2.73. The number of ether oxygens (including phenoxy) is 3. The van der Waals surface area contributed by atoms with Crippen LogP contribution >= 0.6 is 11.3 Å². The zero-order valence-corrected chi connectivity index (χ0v) is 13.6. The second-order valence-corrected chi connectivity index (χ2v) is 6.47. The zero-order valence-electron chi connectivity index (χ0n) is 12.8. The monoisotopic (exact) mass is 348 g/mol. The molecule has 1 unspecified atom stereocenters. The van der Waals surface area contributed by atoms with Crippen LogP contribution in [-0.2, 0) is 9.57 Å². The molecule has 3 heterocycles. The fourth-order valence-electron chi connectivity index (χ4n) is 2.52. The normalized spacial score (nSPS) is 19.2. The first-order chi connectivity index (χ1) is 11.8. The number of nitrogens with zero attached hydrogens (tertiary/aromatic N) is 1. The fraction of sp³-hybridized carbons (Fsp3) is 0.375. The summed E-state index contributed by atoms with van der Waals surface area (Å²) in [6.07, 6.45) is 4.01. The van der Waals surface area contributed by atoms with Crippen LogP contribution in [0.3, 0.4) is 0 Å². The van der Waals surface area contributed by atoms with Gasteiger partial charge < -0.3 is 14.2 Å². The Labute approximate surface area is 142 Å². The lowest BCUT2D eigenvalue weighted by Gasteiger charge is -2.21. The highest BCUT2D eigenvalue weighted by Gasteiger charge is 2.19. The summed E-state index contributed by atoms with van der Waals surface area (Å²) < 4.78 is 16.1. The molecule has 1 saturated heterocycles. The van der Waals surface area contributed by atoms with Crippen LogP contribution < -0.4 is 15.0 Å². The lowest BCUT2D eigenvalue weighted by molar-refractivity contribution is -0.186. The Morgan fingerprint density at radius 1 is 1.29 bits per heavy atom. The Kier molecular flexibility index (Phi) is 4.33.